The van der Waals surface area contributed by atoms with Crippen molar-refractivity contribution >= 4 is 5.82 Å². The number of pyridine rings is 1. The number of aromatic nitrogens is 3. The zero-order valence-corrected chi connectivity index (χ0v) is 14.1. The van der Waals surface area contributed by atoms with Crippen LogP contribution in [0.25, 0.3) is 0 Å². The van der Waals surface area contributed by atoms with Crippen LogP contribution in [-0.2, 0) is 6.42 Å². The van der Waals surface area contributed by atoms with E-state index in [2.05, 4.69) is 44.8 Å². The van der Waals surface area contributed by atoms with Gasteiger partial charge in [-0.15, -0.1) is 0 Å². The summed E-state index contributed by atoms with van der Waals surface area (Å²) in [6.45, 7) is 7.82. The third kappa shape index (κ3) is 3.54. The first-order valence-electron chi connectivity index (χ1n) is 8.39. The number of piperazine rings is 1. The average Bonchev–Trinajstić information content (AvgIpc) is 3.10. The number of anilines is 1. The highest BCUT2D eigenvalue weighted by atomic mass is 16.5. The number of nitrogens with zero attached hydrogens (tertiary/aromatic N) is 6. The van der Waals surface area contributed by atoms with E-state index in [9.17, 15) is 0 Å². The molecule has 24 heavy (non-hydrogen) atoms. The van der Waals surface area contributed by atoms with Gasteiger partial charge in [0.1, 0.15) is 11.9 Å². The molecule has 0 unspecified atom stereocenters. The SMILES string of the molecule is CCCc1noc([C@@H](C)N2CCN(c3ccc(C#N)cn3)CC2)n1. The van der Waals surface area contributed by atoms with E-state index in [4.69, 9.17) is 9.78 Å². The Morgan fingerprint density at radius 1 is 1.29 bits per heavy atom. The number of hydrogen-bond acceptors (Lipinski definition) is 7. The van der Waals surface area contributed by atoms with Crippen LogP contribution in [0.5, 0.6) is 0 Å². The number of nitriles is 1. The summed E-state index contributed by atoms with van der Waals surface area (Å²) in [5, 5.41) is 12.9. The highest BCUT2D eigenvalue weighted by Gasteiger charge is 2.26. The van der Waals surface area contributed by atoms with Crippen molar-refractivity contribution in [2.45, 2.75) is 32.7 Å². The fraction of sp³-hybridized carbons (Fsp3) is 0.529. The van der Waals surface area contributed by atoms with E-state index >= 15 is 0 Å². The van der Waals surface area contributed by atoms with E-state index in [1.54, 1.807) is 6.20 Å². The van der Waals surface area contributed by atoms with Crippen LogP contribution >= 0.6 is 0 Å². The fourth-order valence-corrected chi connectivity index (χ4v) is 2.90. The largest absolute Gasteiger partial charge is 0.354 e. The molecule has 2 aromatic rings. The van der Waals surface area contributed by atoms with E-state index in [0.29, 0.717) is 11.5 Å². The molecule has 1 aliphatic heterocycles. The third-order valence-electron chi connectivity index (χ3n) is 4.38. The van der Waals surface area contributed by atoms with Crippen LogP contribution in [0.3, 0.4) is 0 Å². The highest BCUT2D eigenvalue weighted by molar-refractivity contribution is 5.42. The quantitative estimate of drug-likeness (QED) is 0.832. The first-order chi connectivity index (χ1) is 11.7. The Morgan fingerprint density at radius 2 is 2.08 bits per heavy atom. The van der Waals surface area contributed by atoms with Gasteiger partial charge in [0.05, 0.1) is 11.6 Å². The lowest BCUT2D eigenvalue weighted by Gasteiger charge is -2.37. The Hall–Kier alpha value is -2.46. The molecule has 1 aliphatic rings. The van der Waals surface area contributed by atoms with E-state index in [1.165, 1.54) is 0 Å². The molecule has 0 aliphatic carbocycles. The maximum atomic E-state index is 8.85. The van der Waals surface area contributed by atoms with Crippen LogP contribution in [0.15, 0.2) is 22.9 Å². The van der Waals surface area contributed by atoms with Crippen molar-refractivity contribution in [2.24, 2.45) is 0 Å². The fourth-order valence-electron chi connectivity index (χ4n) is 2.90. The van der Waals surface area contributed by atoms with E-state index in [-0.39, 0.29) is 6.04 Å². The van der Waals surface area contributed by atoms with Crippen molar-refractivity contribution in [1.82, 2.24) is 20.0 Å². The van der Waals surface area contributed by atoms with Crippen molar-refractivity contribution in [3.63, 3.8) is 0 Å². The second-order valence-corrected chi connectivity index (χ2v) is 6.01. The first-order valence-corrected chi connectivity index (χ1v) is 8.39. The van der Waals surface area contributed by atoms with Crippen molar-refractivity contribution in [2.75, 3.05) is 31.1 Å². The van der Waals surface area contributed by atoms with E-state index < -0.39 is 0 Å². The van der Waals surface area contributed by atoms with Crippen LogP contribution in [0.2, 0.25) is 0 Å². The molecule has 0 radical (unpaired) electrons. The topological polar surface area (TPSA) is 82.1 Å². The Labute approximate surface area is 141 Å². The minimum Gasteiger partial charge on any atom is -0.354 e. The van der Waals surface area contributed by atoms with Gasteiger partial charge in [-0.2, -0.15) is 10.2 Å². The number of hydrogen-bond donors (Lipinski definition) is 0. The molecule has 0 N–H and O–H groups in total. The summed E-state index contributed by atoms with van der Waals surface area (Å²) in [4.78, 5) is 13.5. The monoisotopic (exact) mass is 326 g/mol. The van der Waals surface area contributed by atoms with E-state index in [0.717, 1.165) is 50.7 Å². The van der Waals surface area contributed by atoms with Gasteiger partial charge < -0.3 is 9.42 Å². The molecule has 0 bridgehead atoms. The lowest BCUT2D eigenvalue weighted by molar-refractivity contribution is 0.164. The van der Waals surface area contributed by atoms with Crippen LogP contribution in [0, 0.1) is 11.3 Å². The van der Waals surface area contributed by atoms with Gasteiger partial charge in [-0.1, -0.05) is 12.1 Å². The Balaban J connectivity index is 1.58. The highest BCUT2D eigenvalue weighted by Crippen LogP contribution is 2.22. The zero-order chi connectivity index (χ0) is 16.9. The Kier molecular flexibility index (Phi) is 5.06. The van der Waals surface area contributed by atoms with Crippen molar-refractivity contribution < 1.29 is 4.52 Å². The molecule has 3 heterocycles. The summed E-state index contributed by atoms with van der Waals surface area (Å²) in [6, 6.07) is 5.94. The van der Waals surface area contributed by atoms with Crippen molar-refractivity contribution in [1.29, 1.82) is 5.26 Å². The molecule has 7 heteroatoms. The van der Waals surface area contributed by atoms with Crippen LogP contribution in [0.1, 0.15) is 43.6 Å². The molecule has 0 aromatic carbocycles. The molecular weight excluding hydrogens is 304 g/mol. The average molecular weight is 326 g/mol. The standard InChI is InChI=1S/C17H22N6O/c1-3-4-15-20-17(24-21-15)13(2)22-7-9-23(10-8-22)16-6-5-14(11-18)12-19-16/h5-6,12-13H,3-4,7-10H2,1-2H3/t13-/m1/s1. The van der Waals surface area contributed by atoms with Gasteiger partial charge in [-0.05, 0) is 25.5 Å². The molecule has 2 aromatic heterocycles. The first kappa shape index (κ1) is 16.4. The van der Waals surface area contributed by atoms with Gasteiger partial charge in [-0.25, -0.2) is 4.98 Å². The molecular formula is C17H22N6O. The van der Waals surface area contributed by atoms with Gasteiger partial charge in [-0.3, -0.25) is 4.90 Å². The van der Waals surface area contributed by atoms with Crippen LogP contribution < -0.4 is 4.90 Å². The summed E-state index contributed by atoms with van der Waals surface area (Å²) in [5.74, 6) is 2.41. The maximum Gasteiger partial charge on any atom is 0.243 e. The number of aryl methyl sites for hydroxylation is 1. The minimum atomic E-state index is 0.124. The molecule has 1 atom stereocenters. The predicted molar refractivity (Wildman–Crippen MR) is 89.4 cm³/mol. The second kappa shape index (κ2) is 7.41. The molecule has 0 saturated carbocycles. The van der Waals surface area contributed by atoms with Crippen LogP contribution in [-0.4, -0.2) is 46.2 Å². The molecule has 0 spiro atoms. The van der Waals surface area contributed by atoms with Crippen molar-refractivity contribution in [3.05, 3.63) is 35.6 Å². The molecule has 3 rings (SSSR count). The minimum absolute atomic E-state index is 0.124. The van der Waals surface area contributed by atoms with Crippen LogP contribution in [0.4, 0.5) is 5.82 Å². The second-order valence-electron chi connectivity index (χ2n) is 6.01. The van der Waals surface area contributed by atoms with Gasteiger partial charge in [0.15, 0.2) is 5.82 Å². The van der Waals surface area contributed by atoms with Crippen molar-refractivity contribution in [3.8, 4) is 6.07 Å². The number of rotatable bonds is 5. The summed E-state index contributed by atoms with van der Waals surface area (Å²) >= 11 is 0. The molecule has 7 nitrogen and oxygen atoms in total. The molecule has 126 valence electrons. The predicted octanol–water partition coefficient (Wildman–Crippen LogP) is 2.17. The summed E-state index contributed by atoms with van der Waals surface area (Å²) < 4.78 is 5.41. The summed E-state index contributed by atoms with van der Waals surface area (Å²) in [6.07, 6.45) is 3.50. The molecule has 1 fully saturated rings. The Morgan fingerprint density at radius 3 is 2.71 bits per heavy atom. The summed E-state index contributed by atoms with van der Waals surface area (Å²) in [5.41, 5.74) is 0.588. The normalized spacial score (nSPS) is 16.8. The van der Waals surface area contributed by atoms with E-state index in [1.807, 2.05) is 12.1 Å². The zero-order valence-electron chi connectivity index (χ0n) is 14.1. The smallest absolute Gasteiger partial charge is 0.243 e. The Bertz CT molecular complexity index is 697. The maximum absolute atomic E-state index is 8.85. The molecule has 1 saturated heterocycles. The van der Waals surface area contributed by atoms with Gasteiger partial charge in [0, 0.05) is 38.8 Å². The molecule has 0 amide bonds. The summed E-state index contributed by atoms with van der Waals surface area (Å²) in [7, 11) is 0. The van der Waals surface area contributed by atoms with Gasteiger partial charge in [0.2, 0.25) is 5.89 Å². The lowest BCUT2D eigenvalue weighted by atomic mass is 10.2. The lowest BCUT2D eigenvalue weighted by Crippen LogP contribution is -2.47. The van der Waals surface area contributed by atoms with Gasteiger partial charge >= 0.3 is 0 Å². The van der Waals surface area contributed by atoms with Gasteiger partial charge in [0.25, 0.3) is 0 Å². The third-order valence-corrected chi connectivity index (χ3v) is 4.38.